The lowest BCUT2D eigenvalue weighted by molar-refractivity contribution is -0.137. The van der Waals surface area contributed by atoms with Gasteiger partial charge in [0, 0.05) is 42.6 Å². The standard InChI is InChI=1S/C21H25ClN2O2/c22-16-5-3-4-14(12-16)17-6-1-2-7-18(17)21(26)24-11-10-19-15(13-24)8-9-20(25)23-19/h3-5,12,17-18H,1-2,6-11,13H2,(H,23,25)/t17-,18+/m0/s1. The van der Waals surface area contributed by atoms with Gasteiger partial charge in [-0.1, -0.05) is 36.6 Å². The highest BCUT2D eigenvalue weighted by Crippen LogP contribution is 2.40. The Morgan fingerprint density at radius 1 is 1.15 bits per heavy atom. The maximum atomic E-state index is 13.3. The van der Waals surface area contributed by atoms with Gasteiger partial charge in [-0.15, -0.1) is 0 Å². The monoisotopic (exact) mass is 372 g/mol. The molecule has 0 bridgehead atoms. The van der Waals surface area contributed by atoms with E-state index in [0.717, 1.165) is 42.8 Å². The minimum absolute atomic E-state index is 0.0440. The molecule has 1 saturated carbocycles. The molecule has 2 atom stereocenters. The predicted molar refractivity (Wildman–Crippen MR) is 102 cm³/mol. The van der Waals surface area contributed by atoms with Crippen LogP contribution >= 0.6 is 11.6 Å². The van der Waals surface area contributed by atoms with Crippen molar-refractivity contribution in [2.45, 2.75) is 50.9 Å². The maximum Gasteiger partial charge on any atom is 0.226 e. The third kappa shape index (κ3) is 3.52. The molecule has 5 heteroatoms. The van der Waals surface area contributed by atoms with E-state index in [1.54, 1.807) is 0 Å². The van der Waals surface area contributed by atoms with Crippen LogP contribution in [0.2, 0.25) is 5.02 Å². The zero-order valence-corrected chi connectivity index (χ0v) is 15.7. The van der Waals surface area contributed by atoms with Crippen LogP contribution in [-0.4, -0.2) is 29.8 Å². The van der Waals surface area contributed by atoms with Crippen molar-refractivity contribution in [1.82, 2.24) is 10.2 Å². The Balaban J connectivity index is 1.52. The fourth-order valence-corrected chi connectivity index (χ4v) is 4.89. The lowest BCUT2D eigenvalue weighted by Gasteiger charge is -2.38. The van der Waals surface area contributed by atoms with Crippen LogP contribution in [0.25, 0.3) is 0 Å². The fraction of sp³-hybridized carbons (Fsp3) is 0.524. The summed E-state index contributed by atoms with van der Waals surface area (Å²) in [5.41, 5.74) is 3.48. The van der Waals surface area contributed by atoms with Gasteiger partial charge in [0.05, 0.1) is 0 Å². The highest BCUT2D eigenvalue weighted by Gasteiger charge is 2.36. The van der Waals surface area contributed by atoms with Gasteiger partial charge in [0.15, 0.2) is 0 Å². The van der Waals surface area contributed by atoms with E-state index in [1.807, 2.05) is 23.1 Å². The molecule has 26 heavy (non-hydrogen) atoms. The van der Waals surface area contributed by atoms with E-state index in [0.29, 0.717) is 19.5 Å². The Bertz CT molecular complexity index is 758. The number of nitrogens with one attached hydrogen (secondary N) is 1. The van der Waals surface area contributed by atoms with Crippen molar-refractivity contribution in [3.63, 3.8) is 0 Å². The van der Waals surface area contributed by atoms with Crippen LogP contribution in [0, 0.1) is 5.92 Å². The molecule has 3 aliphatic rings. The number of hydrogen-bond acceptors (Lipinski definition) is 2. The van der Waals surface area contributed by atoms with Crippen LogP contribution in [0.4, 0.5) is 0 Å². The lowest BCUT2D eigenvalue weighted by atomic mass is 9.74. The second-order valence-electron chi connectivity index (χ2n) is 7.69. The maximum absolute atomic E-state index is 13.3. The van der Waals surface area contributed by atoms with Crippen LogP contribution in [0.15, 0.2) is 35.5 Å². The Hall–Kier alpha value is -1.81. The first-order chi connectivity index (χ1) is 12.6. The minimum atomic E-state index is 0.0440. The number of rotatable bonds is 2. The zero-order valence-electron chi connectivity index (χ0n) is 15.0. The Morgan fingerprint density at radius 3 is 2.85 bits per heavy atom. The summed E-state index contributed by atoms with van der Waals surface area (Å²) >= 11 is 6.19. The van der Waals surface area contributed by atoms with Gasteiger partial charge in [-0.3, -0.25) is 9.59 Å². The van der Waals surface area contributed by atoms with Crippen molar-refractivity contribution in [1.29, 1.82) is 0 Å². The second-order valence-corrected chi connectivity index (χ2v) is 8.13. The van der Waals surface area contributed by atoms with E-state index in [4.69, 9.17) is 11.6 Å². The highest BCUT2D eigenvalue weighted by atomic mass is 35.5. The topological polar surface area (TPSA) is 49.4 Å². The van der Waals surface area contributed by atoms with Gasteiger partial charge < -0.3 is 10.2 Å². The molecule has 0 aromatic heterocycles. The van der Waals surface area contributed by atoms with Gasteiger partial charge in [-0.2, -0.15) is 0 Å². The van der Waals surface area contributed by atoms with E-state index in [9.17, 15) is 9.59 Å². The first-order valence-corrected chi connectivity index (χ1v) is 10.0. The van der Waals surface area contributed by atoms with Crippen LogP contribution in [-0.2, 0) is 9.59 Å². The van der Waals surface area contributed by atoms with Crippen molar-refractivity contribution in [2.24, 2.45) is 5.92 Å². The average Bonchev–Trinajstić information content (AvgIpc) is 2.67. The van der Waals surface area contributed by atoms with Gasteiger partial charge in [0.1, 0.15) is 0 Å². The number of carbonyl (C=O) groups is 2. The van der Waals surface area contributed by atoms with Crippen molar-refractivity contribution in [3.05, 3.63) is 46.1 Å². The first kappa shape index (κ1) is 17.6. The Kier molecular flexibility index (Phi) is 5.03. The van der Waals surface area contributed by atoms with Crippen molar-refractivity contribution in [2.75, 3.05) is 13.1 Å². The summed E-state index contributed by atoms with van der Waals surface area (Å²) in [5, 5.41) is 3.73. The van der Waals surface area contributed by atoms with Gasteiger partial charge in [-0.25, -0.2) is 0 Å². The number of nitrogens with zero attached hydrogens (tertiary/aromatic N) is 1. The number of carbonyl (C=O) groups excluding carboxylic acids is 2. The van der Waals surface area contributed by atoms with Crippen LogP contribution in [0.1, 0.15) is 56.4 Å². The van der Waals surface area contributed by atoms with Crippen LogP contribution in [0.3, 0.4) is 0 Å². The number of hydrogen-bond donors (Lipinski definition) is 1. The molecule has 4 nitrogen and oxygen atoms in total. The molecule has 138 valence electrons. The zero-order chi connectivity index (χ0) is 18.1. The summed E-state index contributed by atoms with van der Waals surface area (Å²) in [4.78, 5) is 26.9. The Labute approximate surface area is 159 Å². The molecule has 1 aromatic carbocycles. The highest BCUT2D eigenvalue weighted by molar-refractivity contribution is 6.30. The molecule has 2 aliphatic heterocycles. The molecule has 2 heterocycles. The average molecular weight is 373 g/mol. The van der Waals surface area contributed by atoms with E-state index in [2.05, 4.69) is 11.4 Å². The van der Waals surface area contributed by atoms with Gasteiger partial charge in [-0.05, 0) is 48.4 Å². The van der Waals surface area contributed by atoms with Crippen LogP contribution < -0.4 is 5.32 Å². The molecule has 0 saturated heterocycles. The lowest BCUT2D eigenvalue weighted by Crippen LogP contribution is -2.46. The summed E-state index contributed by atoms with van der Waals surface area (Å²) < 4.78 is 0. The quantitative estimate of drug-likeness (QED) is 0.852. The molecule has 0 unspecified atom stereocenters. The van der Waals surface area contributed by atoms with E-state index in [1.165, 1.54) is 17.6 Å². The molecule has 0 spiro atoms. The molecule has 1 N–H and O–H groups in total. The smallest absolute Gasteiger partial charge is 0.226 e. The number of amides is 2. The molecule has 4 rings (SSSR count). The minimum Gasteiger partial charge on any atom is -0.338 e. The molecular weight excluding hydrogens is 348 g/mol. The molecule has 2 amide bonds. The third-order valence-electron chi connectivity index (χ3n) is 6.06. The second kappa shape index (κ2) is 7.43. The van der Waals surface area contributed by atoms with Crippen LogP contribution in [0.5, 0.6) is 0 Å². The van der Waals surface area contributed by atoms with Gasteiger partial charge in [0.25, 0.3) is 0 Å². The molecule has 1 fully saturated rings. The molecular formula is C21H25ClN2O2. The fourth-order valence-electron chi connectivity index (χ4n) is 4.69. The van der Waals surface area contributed by atoms with E-state index < -0.39 is 0 Å². The number of halogens is 1. The summed E-state index contributed by atoms with van der Waals surface area (Å²) in [5.74, 6) is 0.689. The van der Waals surface area contributed by atoms with Crippen molar-refractivity contribution < 1.29 is 9.59 Å². The summed E-state index contributed by atoms with van der Waals surface area (Å²) in [6, 6.07) is 8.00. The SMILES string of the molecule is O=C1CCC2=C(CCN(C(=O)[C@@H]3CCCC[C@H]3c3cccc(Cl)c3)C2)N1. The van der Waals surface area contributed by atoms with Crippen molar-refractivity contribution >= 4 is 23.4 Å². The summed E-state index contributed by atoms with van der Waals surface area (Å²) in [6.45, 7) is 1.38. The predicted octanol–water partition coefficient (Wildman–Crippen LogP) is 4.01. The largest absolute Gasteiger partial charge is 0.338 e. The molecule has 0 radical (unpaired) electrons. The van der Waals surface area contributed by atoms with Gasteiger partial charge in [0.2, 0.25) is 11.8 Å². The van der Waals surface area contributed by atoms with E-state index in [-0.39, 0.29) is 23.7 Å². The normalized spacial score (nSPS) is 26.3. The van der Waals surface area contributed by atoms with Gasteiger partial charge >= 0.3 is 0 Å². The molecule has 1 aliphatic carbocycles. The molecule has 1 aromatic rings. The third-order valence-corrected chi connectivity index (χ3v) is 6.29. The van der Waals surface area contributed by atoms with E-state index >= 15 is 0 Å². The number of benzene rings is 1. The summed E-state index contributed by atoms with van der Waals surface area (Å²) in [7, 11) is 0. The first-order valence-electron chi connectivity index (χ1n) is 9.67. The summed E-state index contributed by atoms with van der Waals surface area (Å²) in [6.07, 6.45) is 6.38. The Morgan fingerprint density at radius 2 is 2.00 bits per heavy atom. The van der Waals surface area contributed by atoms with Crippen molar-refractivity contribution in [3.8, 4) is 0 Å².